The molecule has 1 aliphatic heterocycles. The highest BCUT2D eigenvalue weighted by Crippen LogP contribution is 2.18. The second-order valence-corrected chi connectivity index (χ2v) is 3.42. The van der Waals surface area contributed by atoms with Crippen LogP contribution in [0.3, 0.4) is 0 Å². The number of anilines is 1. The summed E-state index contributed by atoms with van der Waals surface area (Å²) in [6.45, 7) is 0.687. The van der Waals surface area contributed by atoms with E-state index in [4.69, 9.17) is 5.73 Å². The van der Waals surface area contributed by atoms with E-state index >= 15 is 0 Å². The Labute approximate surface area is 95.9 Å². The van der Waals surface area contributed by atoms with Crippen molar-refractivity contribution < 1.29 is 13.6 Å². The lowest BCUT2D eigenvalue weighted by Gasteiger charge is -2.16. The van der Waals surface area contributed by atoms with Crippen LogP contribution in [0.2, 0.25) is 0 Å². The van der Waals surface area contributed by atoms with Crippen LogP contribution in [0.15, 0.2) is 23.2 Å². The first-order chi connectivity index (χ1) is 8.09. The smallest absolute Gasteiger partial charge is 0.328 e. The van der Waals surface area contributed by atoms with Gasteiger partial charge in [0.2, 0.25) is 0 Å². The van der Waals surface area contributed by atoms with Crippen LogP contribution in [-0.2, 0) is 0 Å². The van der Waals surface area contributed by atoms with E-state index in [-0.39, 0.29) is 5.96 Å². The van der Waals surface area contributed by atoms with E-state index in [0.29, 0.717) is 13.1 Å². The summed E-state index contributed by atoms with van der Waals surface area (Å²) < 4.78 is 26.5. The Morgan fingerprint density at radius 2 is 2.06 bits per heavy atom. The Balaban J connectivity index is 2.16. The molecule has 1 heterocycles. The van der Waals surface area contributed by atoms with Crippen LogP contribution in [-0.4, -0.2) is 30.0 Å². The van der Waals surface area contributed by atoms with E-state index in [1.807, 2.05) is 0 Å². The predicted octanol–water partition coefficient (Wildman–Crippen LogP) is 1.13. The van der Waals surface area contributed by atoms with Gasteiger partial charge in [0.15, 0.2) is 5.96 Å². The number of nitrogens with two attached hydrogens (primary N) is 1. The molecule has 3 N–H and O–H groups in total. The van der Waals surface area contributed by atoms with Gasteiger partial charge in [0.1, 0.15) is 17.3 Å². The molecule has 0 spiro atoms. The molecular formula is C10H10F2N4O. The topological polar surface area (TPSA) is 70.7 Å². The van der Waals surface area contributed by atoms with Crippen molar-refractivity contribution in [2.75, 3.05) is 18.4 Å². The molecule has 0 unspecified atom stereocenters. The highest BCUT2D eigenvalue weighted by Gasteiger charge is 2.23. The molecule has 0 bridgehead atoms. The van der Waals surface area contributed by atoms with Crippen molar-refractivity contribution in [2.45, 2.75) is 0 Å². The van der Waals surface area contributed by atoms with Crippen LogP contribution >= 0.6 is 0 Å². The SMILES string of the molecule is NC1=NCCN1C(=O)Nc1c(F)cccc1F. The monoisotopic (exact) mass is 240 g/mol. The van der Waals surface area contributed by atoms with Gasteiger partial charge in [-0.1, -0.05) is 6.07 Å². The molecule has 0 aromatic heterocycles. The standard InChI is InChI=1S/C10H10F2N4O/c11-6-2-1-3-7(12)8(6)15-10(17)16-5-4-14-9(16)13/h1-3H,4-5H2,(H2,13,14)(H,15,17). The minimum atomic E-state index is -0.840. The summed E-state index contributed by atoms with van der Waals surface area (Å²) in [6.07, 6.45) is 0. The largest absolute Gasteiger partial charge is 0.369 e. The summed E-state index contributed by atoms with van der Waals surface area (Å²) in [4.78, 5) is 16.6. The summed E-state index contributed by atoms with van der Waals surface area (Å²) in [5.74, 6) is -1.64. The number of carbonyl (C=O) groups excluding carboxylic acids is 1. The Bertz CT molecular complexity index is 469. The molecule has 0 saturated heterocycles. The number of hydrogen-bond acceptors (Lipinski definition) is 3. The molecule has 5 nitrogen and oxygen atoms in total. The molecule has 0 radical (unpaired) electrons. The van der Waals surface area contributed by atoms with Crippen LogP contribution in [0, 0.1) is 11.6 Å². The number of rotatable bonds is 1. The van der Waals surface area contributed by atoms with Gasteiger partial charge in [0, 0.05) is 0 Å². The fourth-order valence-corrected chi connectivity index (χ4v) is 1.46. The zero-order valence-corrected chi connectivity index (χ0v) is 8.78. The van der Waals surface area contributed by atoms with Gasteiger partial charge in [0.25, 0.3) is 0 Å². The third-order valence-electron chi connectivity index (χ3n) is 2.31. The molecule has 7 heteroatoms. The molecule has 0 saturated carbocycles. The Hall–Kier alpha value is -2.18. The molecule has 0 fully saturated rings. The number of guanidine groups is 1. The van der Waals surface area contributed by atoms with Gasteiger partial charge >= 0.3 is 6.03 Å². The van der Waals surface area contributed by atoms with Crippen molar-refractivity contribution in [3.05, 3.63) is 29.8 Å². The van der Waals surface area contributed by atoms with Crippen LogP contribution in [0.5, 0.6) is 0 Å². The number of amides is 2. The van der Waals surface area contributed by atoms with Gasteiger partial charge in [-0.05, 0) is 12.1 Å². The first-order valence-corrected chi connectivity index (χ1v) is 4.92. The molecule has 90 valence electrons. The minimum absolute atomic E-state index is 0.0410. The van der Waals surface area contributed by atoms with Crippen molar-refractivity contribution in [2.24, 2.45) is 10.7 Å². The summed E-state index contributed by atoms with van der Waals surface area (Å²) in [5.41, 5.74) is 4.95. The van der Waals surface area contributed by atoms with Crippen LogP contribution < -0.4 is 11.1 Å². The average molecular weight is 240 g/mol. The van der Waals surface area contributed by atoms with Crippen molar-refractivity contribution in [3.63, 3.8) is 0 Å². The van der Waals surface area contributed by atoms with Gasteiger partial charge in [-0.25, -0.2) is 13.6 Å². The number of nitrogens with one attached hydrogen (secondary N) is 1. The maximum atomic E-state index is 13.3. The van der Waals surface area contributed by atoms with E-state index in [9.17, 15) is 13.6 Å². The highest BCUT2D eigenvalue weighted by molar-refractivity contribution is 6.02. The second kappa shape index (κ2) is 4.36. The van der Waals surface area contributed by atoms with Gasteiger partial charge in [-0.2, -0.15) is 0 Å². The fraction of sp³-hybridized carbons (Fsp3) is 0.200. The molecule has 2 rings (SSSR count). The molecular weight excluding hydrogens is 230 g/mol. The number of urea groups is 1. The molecule has 1 aromatic rings. The number of halogens is 2. The van der Waals surface area contributed by atoms with Gasteiger partial charge in [0.05, 0.1) is 13.1 Å². The lowest BCUT2D eigenvalue weighted by molar-refractivity contribution is 0.235. The van der Waals surface area contributed by atoms with Crippen molar-refractivity contribution in [1.29, 1.82) is 0 Å². The predicted molar refractivity (Wildman–Crippen MR) is 58.6 cm³/mol. The lowest BCUT2D eigenvalue weighted by Crippen LogP contribution is -2.41. The molecule has 1 aliphatic rings. The Kier molecular flexibility index (Phi) is 2.90. The van der Waals surface area contributed by atoms with E-state index in [1.54, 1.807) is 0 Å². The molecule has 0 atom stereocenters. The quantitative estimate of drug-likeness (QED) is 0.772. The lowest BCUT2D eigenvalue weighted by atomic mass is 10.3. The Morgan fingerprint density at radius 3 is 2.59 bits per heavy atom. The first-order valence-electron chi connectivity index (χ1n) is 4.92. The molecule has 0 aliphatic carbocycles. The van der Waals surface area contributed by atoms with Crippen molar-refractivity contribution in [3.8, 4) is 0 Å². The minimum Gasteiger partial charge on any atom is -0.369 e. The van der Waals surface area contributed by atoms with E-state index in [1.165, 1.54) is 6.07 Å². The number of carbonyl (C=O) groups is 1. The number of aliphatic imine (C=N–C) groups is 1. The van der Waals surface area contributed by atoms with E-state index in [0.717, 1.165) is 17.0 Å². The Morgan fingerprint density at radius 1 is 1.41 bits per heavy atom. The summed E-state index contributed by atoms with van der Waals surface area (Å²) in [5, 5.41) is 2.13. The van der Waals surface area contributed by atoms with Crippen LogP contribution in [0.1, 0.15) is 0 Å². The third kappa shape index (κ3) is 2.17. The zero-order valence-electron chi connectivity index (χ0n) is 8.78. The highest BCUT2D eigenvalue weighted by atomic mass is 19.1. The summed E-state index contributed by atoms with van der Waals surface area (Å²) in [7, 11) is 0. The van der Waals surface area contributed by atoms with Gasteiger partial charge < -0.3 is 11.1 Å². The maximum Gasteiger partial charge on any atom is 0.328 e. The number of hydrogen-bond donors (Lipinski definition) is 2. The van der Waals surface area contributed by atoms with Gasteiger partial charge in [-0.3, -0.25) is 9.89 Å². The molecule has 2 amide bonds. The average Bonchev–Trinajstić information content (AvgIpc) is 2.70. The third-order valence-corrected chi connectivity index (χ3v) is 2.31. The summed E-state index contributed by atoms with van der Waals surface area (Å²) in [6, 6.07) is 2.62. The fourth-order valence-electron chi connectivity index (χ4n) is 1.46. The van der Waals surface area contributed by atoms with Crippen molar-refractivity contribution in [1.82, 2.24) is 4.90 Å². The summed E-state index contributed by atoms with van der Waals surface area (Å²) >= 11 is 0. The van der Waals surface area contributed by atoms with Crippen LogP contribution in [0.25, 0.3) is 0 Å². The molecule has 1 aromatic carbocycles. The van der Waals surface area contributed by atoms with E-state index < -0.39 is 23.4 Å². The maximum absolute atomic E-state index is 13.3. The number of benzene rings is 1. The zero-order chi connectivity index (χ0) is 12.4. The van der Waals surface area contributed by atoms with Crippen molar-refractivity contribution >= 4 is 17.7 Å². The number of para-hydroxylation sites is 1. The normalized spacial score (nSPS) is 14.7. The van der Waals surface area contributed by atoms with Crippen LogP contribution in [0.4, 0.5) is 19.3 Å². The second-order valence-electron chi connectivity index (χ2n) is 3.42. The molecule has 17 heavy (non-hydrogen) atoms. The van der Waals surface area contributed by atoms with E-state index in [2.05, 4.69) is 10.3 Å². The number of nitrogens with zero attached hydrogens (tertiary/aromatic N) is 2. The first kappa shape index (κ1) is 11.3. The van der Waals surface area contributed by atoms with Gasteiger partial charge in [-0.15, -0.1) is 0 Å².